The first-order valence-electron chi connectivity index (χ1n) is 8.52. The molecule has 0 aliphatic heterocycles. The van der Waals surface area contributed by atoms with Crippen molar-refractivity contribution in [3.63, 3.8) is 0 Å². The van der Waals surface area contributed by atoms with Crippen LogP contribution in [-0.2, 0) is 11.3 Å². The molecule has 1 aromatic heterocycles. The number of amides is 1. The zero-order valence-electron chi connectivity index (χ0n) is 15.6. The molecule has 10 heteroatoms. The molecule has 0 spiro atoms. The number of non-ortho nitro benzene ring substituents is 1. The van der Waals surface area contributed by atoms with Crippen LogP contribution in [0.3, 0.4) is 0 Å². The van der Waals surface area contributed by atoms with E-state index >= 15 is 0 Å². The summed E-state index contributed by atoms with van der Waals surface area (Å²) in [5.41, 5.74) is 0.277. The van der Waals surface area contributed by atoms with Crippen LogP contribution in [-0.4, -0.2) is 23.9 Å². The molecule has 154 valence electrons. The summed E-state index contributed by atoms with van der Waals surface area (Å²) in [7, 11) is 1.30. The molecule has 0 atom stereocenters. The van der Waals surface area contributed by atoms with Crippen LogP contribution >= 0.6 is 11.6 Å². The highest BCUT2D eigenvalue weighted by atomic mass is 35.5. The van der Waals surface area contributed by atoms with Gasteiger partial charge in [0.2, 0.25) is 0 Å². The highest BCUT2D eigenvalue weighted by Crippen LogP contribution is 2.27. The zero-order valence-corrected chi connectivity index (χ0v) is 16.3. The fourth-order valence-corrected chi connectivity index (χ4v) is 2.61. The summed E-state index contributed by atoms with van der Waals surface area (Å²) >= 11 is 5.98. The van der Waals surface area contributed by atoms with E-state index in [2.05, 4.69) is 10.1 Å². The molecule has 1 amide bonds. The van der Waals surface area contributed by atoms with Crippen LogP contribution in [0.4, 0.5) is 11.4 Å². The highest BCUT2D eigenvalue weighted by Gasteiger charge is 2.16. The number of rotatable bonds is 7. The lowest BCUT2D eigenvalue weighted by molar-refractivity contribution is -0.384. The number of nitrogens with one attached hydrogen (secondary N) is 1. The Morgan fingerprint density at radius 3 is 2.53 bits per heavy atom. The molecule has 2 aromatic carbocycles. The predicted molar refractivity (Wildman–Crippen MR) is 107 cm³/mol. The molecular weight excluding hydrogens is 416 g/mol. The first-order valence-corrected chi connectivity index (χ1v) is 8.90. The van der Waals surface area contributed by atoms with Gasteiger partial charge in [0.25, 0.3) is 11.6 Å². The average Bonchev–Trinajstić information content (AvgIpc) is 3.22. The van der Waals surface area contributed by atoms with Gasteiger partial charge in [0.1, 0.15) is 18.1 Å². The van der Waals surface area contributed by atoms with Crippen LogP contribution in [0.25, 0.3) is 0 Å². The quantitative estimate of drug-likeness (QED) is 0.333. The maximum Gasteiger partial charge on any atom is 0.337 e. The van der Waals surface area contributed by atoms with E-state index in [1.807, 2.05) is 0 Å². The number of nitrogens with zero attached hydrogens (tertiary/aromatic N) is 1. The standard InChI is InChI=1S/C20H15ClN2O7/c1-28-20(25)12-2-5-14(6-3-12)29-11-15-7-9-18(30-15)19(24)22-17-10-13(23(26)27)4-8-16(17)21/h2-10H,11H2,1H3,(H,22,24). The smallest absolute Gasteiger partial charge is 0.337 e. The van der Waals surface area contributed by atoms with Gasteiger partial charge in [0, 0.05) is 12.1 Å². The number of methoxy groups -OCH3 is 1. The zero-order chi connectivity index (χ0) is 21.7. The largest absolute Gasteiger partial charge is 0.486 e. The molecule has 30 heavy (non-hydrogen) atoms. The molecule has 0 unspecified atom stereocenters. The first-order chi connectivity index (χ1) is 14.4. The van der Waals surface area contributed by atoms with Gasteiger partial charge < -0.3 is 19.2 Å². The summed E-state index contributed by atoms with van der Waals surface area (Å²) in [6, 6.07) is 13.0. The number of nitro groups is 1. The Hall–Kier alpha value is -3.85. The number of ether oxygens (including phenoxy) is 2. The van der Waals surface area contributed by atoms with Crippen molar-refractivity contribution in [1.29, 1.82) is 0 Å². The average molecular weight is 431 g/mol. The third-order valence-electron chi connectivity index (χ3n) is 3.95. The topological polar surface area (TPSA) is 121 Å². The molecule has 0 aliphatic rings. The van der Waals surface area contributed by atoms with Gasteiger partial charge in [-0.25, -0.2) is 4.79 Å². The van der Waals surface area contributed by atoms with Crippen molar-refractivity contribution in [2.24, 2.45) is 0 Å². The van der Waals surface area contributed by atoms with Crippen LogP contribution in [0, 0.1) is 10.1 Å². The number of anilines is 1. The van der Waals surface area contributed by atoms with Gasteiger partial charge in [0.15, 0.2) is 5.76 Å². The first kappa shape index (κ1) is 20.9. The van der Waals surface area contributed by atoms with Gasteiger partial charge in [-0.3, -0.25) is 14.9 Å². The molecule has 9 nitrogen and oxygen atoms in total. The predicted octanol–water partition coefficient (Wildman–Crippen LogP) is 4.46. The van der Waals surface area contributed by atoms with Crippen LogP contribution in [0.1, 0.15) is 26.7 Å². The van der Waals surface area contributed by atoms with Crippen molar-refractivity contribution in [2.45, 2.75) is 6.61 Å². The summed E-state index contributed by atoms with van der Waals surface area (Å²) in [6.07, 6.45) is 0. The second-order valence-electron chi connectivity index (χ2n) is 5.95. The lowest BCUT2D eigenvalue weighted by atomic mass is 10.2. The monoisotopic (exact) mass is 430 g/mol. The van der Waals surface area contributed by atoms with Crippen LogP contribution < -0.4 is 10.1 Å². The molecule has 0 fully saturated rings. The van der Waals surface area contributed by atoms with Crippen LogP contribution in [0.2, 0.25) is 5.02 Å². The number of hydrogen-bond acceptors (Lipinski definition) is 7. The Morgan fingerprint density at radius 2 is 1.87 bits per heavy atom. The lowest BCUT2D eigenvalue weighted by Gasteiger charge is -2.06. The summed E-state index contributed by atoms with van der Waals surface area (Å²) < 4.78 is 15.6. The number of nitro benzene ring substituents is 1. The van der Waals surface area contributed by atoms with E-state index in [4.69, 9.17) is 20.8 Å². The lowest BCUT2D eigenvalue weighted by Crippen LogP contribution is -2.11. The third-order valence-corrected chi connectivity index (χ3v) is 4.28. The van der Waals surface area contributed by atoms with E-state index in [-0.39, 0.29) is 28.8 Å². The second-order valence-corrected chi connectivity index (χ2v) is 6.35. The Morgan fingerprint density at radius 1 is 1.13 bits per heavy atom. The number of hydrogen-bond donors (Lipinski definition) is 1. The Kier molecular flexibility index (Phi) is 6.33. The third kappa shape index (κ3) is 4.95. The molecule has 0 saturated carbocycles. The molecule has 0 bridgehead atoms. The summed E-state index contributed by atoms with van der Waals surface area (Å²) in [5, 5.41) is 13.5. The summed E-state index contributed by atoms with van der Waals surface area (Å²) in [5.74, 6) is -0.217. The minimum Gasteiger partial charge on any atom is -0.486 e. The molecule has 0 radical (unpaired) electrons. The van der Waals surface area contributed by atoms with Gasteiger partial charge >= 0.3 is 5.97 Å². The minimum atomic E-state index is -0.619. The van der Waals surface area contributed by atoms with E-state index < -0.39 is 16.8 Å². The van der Waals surface area contributed by atoms with Crippen molar-refractivity contribution >= 4 is 34.9 Å². The van der Waals surface area contributed by atoms with E-state index in [0.717, 1.165) is 6.07 Å². The van der Waals surface area contributed by atoms with E-state index in [1.165, 1.54) is 25.3 Å². The van der Waals surface area contributed by atoms with Gasteiger partial charge in [0.05, 0.1) is 28.3 Å². The molecule has 1 heterocycles. The Labute approximate surface area is 175 Å². The van der Waals surface area contributed by atoms with Crippen molar-refractivity contribution in [3.05, 3.63) is 86.8 Å². The minimum absolute atomic E-state index is 0.0165. The van der Waals surface area contributed by atoms with E-state index in [1.54, 1.807) is 30.3 Å². The second kappa shape index (κ2) is 9.10. The fourth-order valence-electron chi connectivity index (χ4n) is 2.44. The van der Waals surface area contributed by atoms with Crippen molar-refractivity contribution in [2.75, 3.05) is 12.4 Å². The highest BCUT2D eigenvalue weighted by molar-refractivity contribution is 6.34. The van der Waals surface area contributed by atoms with E-state index in [9.17, 15) is 19.7 Å². The maximum atomic E-state index is 12.3. The normalized spacial score (nSPS) is 10.3. The number of carbonyl (C=O) groups excluding carboxylic acids is 2. The van der Waals surface area contributed by atoms with Crippen LogP contribution in [0.15, 0.2) is 59.0 Å². The van der Waals surface area contributed by atoms with Crippen molar-refractivity contribution in [3.8, 4) is 5.75 Å². The van der Waals surface area contributed by atoms with Gasteiger partial charge in [-0.2, -0.15) is 0 Å². The number of esters is 1. The van der Waals surface area contributed by atoms with Crippen molar-refractivity contribution < 1.29 is 28.4 Å². The number of benzene rings is 2. The van der Waals surface area contributed by atoms with Gasteiger partial charge in [-0.1, -0.05) is 11.6 Å². The van der Waals surface area contributed by atoms with Crippen molar-refractivity contribution in [1.82, 2.24) is 0 Å². The molecule has 1 N–H and O–H groups in total. The number of furan rings is 1. The fraction of sp³-hybridized carbons (Fsp3) is 0.100. The molecule has 3 aromatic rings. The number of halogens is 1. The maximum absolute atomic E-state index is 12.3. The SMILES string of the molecule is COC(=O)c1ccc(OCc2ccc(C(=O)Nc3cc([N+](=O)[O-])ccc3Cl)o2)cc1. The van der Waals surface area contributed by atoms with Gasteiger partial charge in [-0.05, 0) is 42.5 Å². The Balaban J connectivity index is 1.62. The Bertz CT molecular complexity index is 1090. The molecular formula is C20H15ClN2O7. The molecule has 0 saturated heterocycles. The van der Waals surface area contributed by atoms with Crippen LogP contribution in [0.5, 0.6) is 5.75 Å². The number of carbonyl (C=O) groups is 2. The molecule has 0 aliphatic carbocycles. The van der Waals surface area contributed by atoms with E-state index in [0.29, 0.717) is 17.1 Å². The summed E-state index contributed by atoms with van der Waals surface area (Å²) in [6.45, 7) is 0.0441. The summed E-state index contributed by atoms with van der Waals surface area (Å²) in [4.78, 5) is 34.0. The van der Waals surface area contributed by atoms with Gasteiger partial charge in [-0.15, -0.1) is 0 Å². The molecule has 3 rings (SSSR count).